The van der Waals surface area contributed by atoms with Crippen molar-refractivity contribution in [3.05, 3.63) is 0 Å². The summed E-state index contributed by atoms with van der Waals surface area (Å²) in [5, 5.41) is 0. The smallest absolute Gasteiger partial charge is 0.219 e. The molecule has 1 saturated carbocycles. The van der Waals surface area contributed by atoms with Crippen LogP contribution in [0.15, 0.2) is 0 Å². The van der Waals surface area contributed by atoms with Gasteiger partial charge in [0, 0.05) is 19.5 Å². The summed E-state index contributed by atoms with van der Waals surface area (Å²) < 4.78 is 0. The fourth-order valence-electron chi connectivity index (χ4n) is 2.13. The summed E-state index contributed by atoms with van der Waals surface area (Å²) in [5.41, 5.74) is 0. The maximum absolute atomic E-state index is 11.2. The first kappa shape index (κ1) is 14.5. The van der Waals surface area contributed by atoms with Gasteiger partial charge in [0.2, 0.25) is 5.91 Å². The molecule has 0 bridgehead atoms. The average Bonchev–Trinajstić information content (AvgIpc) is 2.21. The Balaban J connectivity index is 0.000000583. The quantitative estimate of drug-likeness (QED) is 0.686. The van der Waals surface area contributed by atoms with E-state index in [0.29, 0.717) is 6.04 Å². The zero-order valence-corrected chi connectivity index (χ0v) is 10.9. The van der Waals surface area contributed by atoms with Crippen LogP contribution in [0.2, 0.25) is 0 Å². The van der Waals surface area contributed by atoms with Gasteiger partial charge in [-0.2, -0.15) is 0 Å². The maximum Gasteiger partial charge on any atom is 0.219 e. The summed E-state index contributed by atoms with van der Waals surface area (Å²) in [7, 11) is 0. The van der Waals surface area contributed by atoms with Gasteiger partial charge in [-0.25, -0.2) is 0 Å². The third-order valence-corrected chi connectivity index (χ3v) is 2.76. The maximum atomic E-state index is 11.2. The summed E-state index contributed by atoms with van der Waals surface area (Å²) in [6.45, 7) is 8.87. The van der Waals surface area contributed by atoms with E-state index in [1.165, 1.54) is 38.5 Å². The van der Waals surface area contributed by atoms with Gasteiger partial charge < -0.3 is 4.90 Å². The summed E-state index contributed by atoms with van der Waals surface area (Å²) >= 11 is 0. The zero-order chi connectivity index (χ0) is 11.7. The summed E-state index contributed by atoms with van der Waals surface area (Å²) in [6, 6.07) is 0.543. The lowest BCUT2D eigenvalue weighted by Gasteiger charge is -2.32. The van der Waals surface area contributed by atoms with Crippen molar-refractivity contribution in [1.29, 1.82) is 0 Å². The number of hydrogen-bond acceptors (Lipinski definition) is 1. The van der Waals surface area contributed by atoms with Crippen molar-refractivity contribution in [1.82, 2.24) is 4.90 Å². The second-order valence-electron chi connectivity index (χ2n) is 4.30. The SMILES string of the molecule is CCC.CCN(C(C)=O)C1CCCCC1. The summed E-state index contributed by atoms with van der Waals surface area (Å²) in [6.07, 6.45) is 7.63. The van der Waals surface area contributed by atoms with Gasteiger partial charge in [-0.15, -0.1) is 0 Å². The van der Waals surface area contributed by atoms with E-state index in [1.54, 1.807) is 6.92 Å². The molecule has 0 atom stereocenters. The zero-order valence-electron chi connectivity index (χ0n) is 10.9. The van der Waals surface area contributed by atoms with Crippen molar-refractivity contribution in [2.75, 3.05) is 6.54 Å². The van der Waals surface area contributed by atoms with Crippen LogP contribution in [0, 0.1) is 0 Å². The van der Waals surface area contributed by atoms with E-state index in [2.05, 4.69) is 20.8 Å². The molecule has 1 fully saturated rings. The Morgan fingerprint density at radius 1 is 1.13 bits per heavy atom. The predicted octanol–water partition coefficient (Wildman–Crippen LogP) is 3.60. The molecular formula is C13H27NO. The molecular weight excluding hydrogens is 186 g/mol. The fourth-order valence-corrected chi connectivity index (χ4v) is 2.13. The molecule has 0 aliphatic heterocycles. The molecule has 1 aliphatic carbocycles. The molecule has 0 aromatic rings. The van der Waals surface area contributed by atoms with E-state index < -0.39 is 0 Å². The van der Waals surface area contributed by atoms with Crippen molar-refractivity contribution >= 4 is 5.91 Å². The third kappa shape index (κ3) is 5.81. The van der Waals surface area contributed by atoms with Gasteiger partial charge in [-0.05, 0) is 19.8 Å². The van der Waals surface area contributed by atoms with E-state index in [9.17, 15) is 4.79 Å². The Labute approximate surface area is 95.0 Å². The fraction of sp³-hybridized carbons (Fsp3) is 0.923. The molecule has 2 heteroatoms. The van der Waals surface area contributed by atoms with Gasteiger partial charge in [0.05, 0.1) is 0 Å². The van der Waals surface area contributed by atoms with E-state index >= 15 is 0 Å². The average molecular weight is 213 g/mol. The van der Waals surface area contributed by atoms with E-state index in [4.69, 9.17) is 0 Å². The molecule has 0 aromatic carbocycles. The van der Waals surface area contributed by atoms with Gasteiger partial charge in [0.25, 0.3) is 0 Å². The topological polar surface area (TPSA) is 20.3 Å². The van der Waals surface area contributed by atoms with Gasteiger partial charge in [-0.1, -0.05) is 39.5 Å². The highest BCUT2D eigenvalue weighted by Gasteiger charge is 2.21. The van der Waals surface area contributed by atoms with Gasteiger partial charge in [-0.3, -0.25) is 4.79 Å². The van der Waals surface area contributed by atoms with Crippen molar-refractivity contribution in [3.8, 4) is 0 Å². The molecule has 1 rings (SSSR count). The number of nitrogens with zero attached hydrogens (tertiary/aromatic N) is 1. The standard InChI is InChI=1S/C10H19NO.C3H8/c1-3-11(9(2)12)10-7-5-4-6-8-10;1-3-2/h10H,3-8H2,1-2H3;3H2,1-2H3. The summed E-state index contributed by atoms with van der Waals surface area (Å²) in [5.74, 6) is 0.240. The van der Waals surface area contributed by atoms with Crippen LogP contribution in [-0.2, 0) is 4.79 Å². The first-order valence-electron chi connectivity index (χ1n) is 6.44. The molecule has 0 unspecified atom stereocenters. The minimum atomic E-state index is 0.240. The minimum Gasteiger partial charge on any atom is -0.340 e. The van der Waals surface area contributed by atoms with Crippen LogP contribution < -0.4 is 0 Å². The van der Waals surface area contributed by atoms with Crippen LogP contribution in [0.1, 0.15) is 66.2 Å². The van der Waals surface area contributed by atoms with Crippen LogP contribution in [0.3, 0.4) is 0 Å². The molecule has 15 heavy (non-hydrogen) atoms. The molecule has 0 heterocycles. The molecule has 1 aliphatic rings. The van der Waals surface area contributed by atoms with Crippen LogP contribution in [0.25, 0.3) is 0 Å². The number of carbonyl (C=O) groups is 1. The lowest BCUT2D eigenvalue weighted by atomic mass is 9.94. The lowest BCUT2D eigenvalue weighted by Crippen LogP contribution is -2.39. The first-order valence-corrected chi connectivity index (χ1v) is 6.44. The van der Waals surface area contributed by atoms with Crippen LogP contribution in [0.5, 0.6) is 0 Å². The normalized spacial score (nSPS) is 16.5. The Morgan fingerprint density at radius 3 is 1.93 bits per heavy atom. The van der Waals surface area contributed by atoms with Gasteiger partial charge >= 0.3 is 0 Å². The Hall–Kier alpha value is -0.530. The van der Waals surface area contributed by atoms with Crippen molar-refractivity contribution in [2.24, 2.45) is 0 Å². The molecule has 0 N–H and O–H groups in total. The monoisotopic (exact) mass is 213 g/mol. The highest BCUT2D eigenvalue weighted by molar-refractivity contribution is 5.73. The Bertz CT molecular complexity index is 162. The molecule has 0 spiro atoms. The van der Waals surface area contributed by atoms with Gasteiger partial charge in [0.1, 0.15) is 0 Å². The number of carbonyl (C=O) groups excluding carboxylic acids is 1. The predicted molar refractivity (Wildman–Crippen MR) is 65.9 cm³/mol. The molecule has 2 nitrogen and oxygen atoms in total. The minimum absolute atomic E-state index is 0.240. The molecule has 0 saturated heterocycles. The molecule has 1 amide bonds. The van der Waals surface area contributed by atoms with E-state index in [-0.39, 0.29) is 5.91 Å². The Morgan fingerprint density at radius 2 is 1.60 bits per heavy atom. The Kier molecular flexibility index (Phi) is 8.44. The molecule has 0 radical (unpaired) electrons. The number of amides is 1. The number of hydrogen-bond donors (Lipinski definition) is 0. The highest BCUT2D eigenvalue weighted by Crippen LogP contribution is 2.22. The second-order valence-corrected chi connectivity index (χ2v) is 4.30. The van der Waals surface area contributed by atoms with E-state index in [1.807, 2.05) is 4.90 Å². The largest absolute Gasteiger partial charge is 0.340 e. The van der Waals surface area contributed by atoms with E-state index in [0.717, 1.165) is 6.54 Å². The van der Waals surface area contributed by atoms with Crippen LogP contribution in [0.4, 0.5) is 0 Å². The van der Waals surface area contributed by atoms with Crippen molar-refractivity contribution in [3.63, 3.8) is 0 Å². The number of rotatable bonds is 2. The highest BCUT2D eigenvalue weighted by atomic mass is 16.2. The van der Waals surface area contributed by atoms with Gasteiger partial charge in [0.15, 0.2) is 0 Å². The van der Waals surface area contributed by atoms with Crippen LogP contribution >= 0.6 is 0 Å². The summed E-state index contributed by atoms with van der Waals surface area (Å²) in [4.78, 5) is 13.2. The van der Waals surface area contributed by atoms with Crippen molar-refractivity contribution < 1.29 is 4.79 Å². The van der Waals surface area contributed by atoms with Crippen LogP contribution in [-0.4, -0.2) is 23.4 Å². The second kappa shape index (κ2) is 8.75. The first-order chi connectivity index (χ1) is 7.17. The molecule has 90 valence electrons. The molecule has 0 aromatic heterocycles. The third-order valence-electron chi connectivity index (χ3n) is 2.76. The lowest BCUT2D eigenvalue weighted by molar-refractivity contribution is -0.131. The van der Waals surface area contributed by atoms with Crippen molar-refractivity contribution in [2.45, 2.75) is 72.3 Å².